The van der Waals surface area contributed by atoms with E-state index in [1.165, 1.54) is 21.7 Å². The first-order valence-electron chi connectivity index (χ1n) is 8.61. The van der Waals surface area contributed by atoms with Crippen LogP contribution in [0.25, 0.3) is 5.69 Å². The number of aromatic nitrogens is 3. The predicted molar refractivity (Wildman–Crippen MR) is 91.7 cm³/mol. The molecule has 1 aromatic carbocycles. The van der Waals surface area contributed by atoms with Crippen LogP contribution in [0, 0.1) is 11.7 Å². The van der Waals surface area contributed by atoms with Crippen molar-refractivity contribution < 1.29 is 19.1 Å². The van der Waals surface area contributed by atoms with Gasteiger partial charge in [0.05, 0.1) is 11.6 Å². The molecular weight excluding hydrogens is 339 g/mol. The fraction of sp³-hybridized carbons (Fsp3) is 0.444. The predicted octanol–water partition coefficient (Wildman–Crippen LogP) is 2.47. The quantitative estimate of drug-likeness (QED) is 0.905. The number of amides is 1. The van der Waals surface area contributed by atoms with Crippen molar-refractivity contribution >= 4 is 11.9 Å². The Hall–Kier alpha value is -2.77. The van der Waals surface area contributed by atoms with Gasteiger partial charge in [0.2, 0.25) is 5.82 Å². The van der Waals surface area contributed by atoms with Crippen LogP contribution < -0.4 is 0 Å². The molecule has 7 nitrogen and oxygen atoms in total. The van der Waals surface area contributed by atoms with E-state index >= 15 is 0 Å². The number of carbonyl (C=O) groups is 2. The van der Waals surface area contributed by atoms with Crippen LogP contribution in [0.3, 0.4) is 0 Å². The number of aliphatic carboxylic acids is 1. The van der Waals surface area contributed by atoms with Crippen LogP contribution in [0.1, 0.15) is 49.1 Å². The van der Waals surface area contributed by atoms with E-state index in [1.807, 2.05) is 13.8 Å². The summed E-state index contributed by atoms with van der Waals surface area (Å²) in [7, 11) is 0. The van der Waals surface area contributed by atoms with Crippen LogP contribution >= 0.6 is 0 Å². The number of piperidine rings is 1. The van der Waals surface area contributed by atoms with Crippen LogP contribution in [0.5, 0.6) is 0 Å². The lowest BCUT2D eigenvalue weighted by Gasteiger charge is -2.29. The van der Waals surface area contributed by atoms with E-state index in [0.29, 0.717) is 30.9 Å². The van der Waals surface area contributed by atoms with Gasteiger partial charge in [-0.05, 0) is 31.0 Å². The van der Waals surface area contributed by atoms with Crippen molar-refractivity contribution in [3.63, 3.8) is 0 Å². The van der Waals surface area contributed by atoms with Gasteiger partial charge in [0, 0.05) is 19.0 Å². The maximum atomic E-state index is 13.6. The first-order valence-corrected chi connectivity index (χ1v) is 8.61. The number of carboxylic acid groups (broad SMARTS) is 1. The summed E-state index contributed by atoms with van der Waals surface area (Å²) in [5, 5.41) is 13.5. The SMILES string of the molecule is CC(C)c1nc(C(=O)N2CCCC(C(=O)O)C2)nn1-c1cccc(F)c1. The molecule has 0 spiro atoms. The summed E-state index contributed by atoms with van der Waals surface area (Å²) in [5.41, 5.74) is 0.488. The molecule has 2 aromatic rings. The van der Waals surface area contributed by atoms with E-state index in [9.17, 15) is 19.1 Å². The Bertz CT molecular complexity index is 834. The molecule has 1 fully saturated rings. The number of carbonyl (C=O) groups excluding carboxylic acids is 1. The van der Waals surface area contributed by atoms with Gasteiger partial charge < -0.3 is 10.0 Å². The summed E-state index contributed by atoms with van der Waals surface area (Å²) >= 11 is 0. The molecule has 138 valence electrons. The monoisotopic (exact) mass is 360 g/mol. The number of nitrogens with zero attached hydrogens (tertiary/aromatic N) is 4. The van der Waals surface area contributed by atoms with Crippen molar-refractivity contribution in [2.45, 2.75) is 32.6 Å². The van der Waals surface area contributed by atoms with Gasteiger partial charge in [0.15, 0.2) is 0 Å². The smallest absolute Gasteiger partial charge is 0.308 e. The van der Waals surface area contributed by atoms with E-state index < -0.39 is 23.6 Å². The van der Waals surface area contributed by atoms with Crippen LogP contribution in [-0.2, 0) is 4.79 Å². The number of benzene rings is 1. The Balaban J connectivity index is 1.92. The minimum absolute atomic E-state index is 0.00370. The number of carboxylic acids is 1. The van der Waals surface area contributed by atoms with E-state index in [2.05, 4.69) is 10.1 Å². The Morgan fingerprint density at radius 2 is 2.12 bits per heavy atom. The lowest BCUT2D eigenvalue weighted by molar-refractivity contribution is -0.143. The van der Waals surface area contributed by atoms with Gasteiger partial charge in [-0.25, -0.2) is 14.1 Å². The summed E-state index contributed by atoms with van der Waals surface area (Å²) in [6.45, 7) is 4.46. The van der Waals surface area contributed by atoms with Crippen LogP contribution in [-0.4, -0.2) is 49.7 Å². The third-order valence-corrected chi connectivity index (χ3v) is 4.45. The van der Waals surface area contributed by atoms with Crippen molar-refractivity contribution in [3.8, 4) is 5.69 Å². The average Bonchev–Trinajstić information content (AvgIpc) is 3.07. The highest BCUT2D eigenvalue weighted by atomic mass is 19.1. The third kappa shape index (κ3) is 3.58. The zero-order chi connectivity index (χ0) is 18.8. The van der Waals surface area contributed by atoms with Gasteiger partial charge in [-0.1, -0.05) is 19.9 Å². The molecule has 0 aliphatic carbocycles. The van der Waals surface area contributed by atoms with Crippen molar-refractivity contribution in [1.29, 1.82) is 0 Å². The van der Waals surface area contributed by atoms with E-state index in [-0.39, 0.29) is 18.3 Å². The molecule has 1 saturated heterocycles. The van der Waals surface area contributed by atoms with Gasteiger partial charge in [0.1, 0.15) is 11.6 Å². The number of halogens is 1. The zero-order valence-electron chi connectivity index (χ0n) is 14.7. The zero-order valence-corrected chi connectivity index (χ0v) is 14.7. The van der Waals surface area contributed by atoms with Crippen molar-refractivity contribution in [2.24, 2.45) is 5.92 Å². The molecule has 1 aromatic heterocycles. The molecular formula is C18H21FN4O3. The van der Waals surface area contributed by atoms with E-state index in [1.54, 1.807) is 12.1 Å². The Kier molecular flexibility index (Phi) is 5.01. The number of hydrogen-bond donors (Lipinski definition) is 1. The minimum Gasteiger partial charge on any atom is -0.481 e. The Morgan fingerprint density at radius 1 is 1.35 bits per heavy atom. The minimum atomic E-state index is -0.899. The first-order chi connectivity index (χ1) is 12.4. The molecule has 0 radical (unpaired) electrons. The molecule has 1 atom stereocenters. The summed E-state index contributed by atoms with van der Waals surface area (Å²) in [6, 6.07) is 5.93. The fourth-order valence-corrected chi connectivity index (χ4v) is 3.09. The number of hydrogen-bond acceptors (Lipinski definition) is 4. The van der Waals surface area contributed by atoms with Gasteiger partial charge in [-0.15, -0.1) is 5.10 Å². The molecule has 26 heavy (non-hydrogen) atoms. The highest BCUT2D eigenvalue weighted by molar-refractivity contribution is 5.91. The van der Waals surface area contributed by atoms with Crippen LogP contribution in [0.2, 0.25) is 0 Å². The third-order valence-electron chi connectivity index (χ3n) is 4.45. The molecule has 1 aliphatic heterocycles. The maximum Gasteiger partial charge on any atom is 0.308 e. The number of rotatable bonds is 4. The van der Waals surface area contributed by atoms with Crippen molar-refractivity contribution in [3.05, 3.63) is 41.7 Å². The van der Waals surface area contributed by atoms with Gasteiger partial charge >= 0.3 is 5.97 Å². The molecule has 0 bridgehead atoms. The summed E-state index contributed by atoms with van der Waals surface area (Å²) in [5.74, 6) is -1.74. The highest BCUT2D eigenvalue weighted by Crippen LogP contribution is 2.21. The largest absolute Gasteiger partial charge is 0.481 e. The summed E-state index contributed by atoms with van der Waals surface area (Å²) in [6.07, 6.45) is 1.19. The molecule has 2 heterocycles. The van der Waals surface area contributed by atoms with Gasteiger partial charge in [-0.3, -0.25) is 9.59 Å². The normalized spacial score (nSPS) is 17.5. The second-order valence-electron chi connectivity index (χ2n) is 6.77. The summed E-state index contributed by atoms with van der Waals surface area (Å²) in [4.78, 5) is 29.8. The van der Waals surface area contributed by atoms with Crippen LogP contribution in [0.15, 0.2) is 24.3 Å². The number of likely N-dealkylation sites (tertiary alicyclic amines) is 1. The van der Waals surface area contributed by atoms with E-state index in [0.717, 1.165) is 0 Å². The Labute approximate surface area is 150 Å². The standard InChI is InChI=1S/C18H21FN4O3/c1-11(2)16-20-15(21-23(16)14-7-3-6-13(19)9-14)17(24)22-8-4-5-12(10-22)18(25)26/h3,6-7,9,11-12H,4-5,8,10H2,1-2H3,(H,25,26). The molecule has 8 heteroatoms. The molecule has 0 saturated carbocycles. The Morgan fingerprint density at radius 3 is 2.77 bits per heavy atom. The first kappa shape index (κ1) is 18.0. The lowest BCUT2D eigenvalue weighted by Crippen LogP contribution is -2.42. The lowest BCUT2D eigenvalue weighted by atomic mass is 9.98. The average molecular weight is 360 g/mol. The second-order valence-corrected chi connectivity index (χ2v) is 6.77. The molecule has 1 amide bonds. The molecule has 3 rings (SSSR count). The second kappa shape index (κ2) is 7.23. The van der Waals surface area contributed by atoms with Crippen LogP contribution in [0.4, 0.5) is 4.39 Å². The molecule has 1 unspecified atom stereocenters. The maximum absolute atomic E-state index is 13.6. The van der Waals surface area contributed by atoms with Crippen molar-refractivity contribution in [1.82, 2.24) is 19.7 Å². The molecule has 1 aliphatic rings. The molecule has 1 N–H and O–H groups in total. The highest BCUT2D eigenvalue weighted by Gasteiger charge is 2.31. The van der Waals surface area contributed by atoms with E-state index in [4.69, 9.17) is 0 Å². The van der Waals surface area contributed by atoms with Gasteiger partial charge in [0.25, 0.3) is 5.91 Å². The fourth-order valence-electron chi connectivity index (χ4n) is 3.09. The van der Waals surface area contributed by atoms with Gasteiger partial charge in [-0.2, -0.15) is 0 Å². The summed E-state index contributed by atoms with van der Waals surface area (Å²) < 4.78 is 15.0. The topological polar surface area (TPSA) is 88.3 Å². The van der Waals surface area contributed by atoms with Crippen molar-refractivity contribution in [2.75, 3.05) is 13.1 Å².